The molecule has 5 aromatic carbocycles. The number of nitrogens with one attached hydrogen (secondary N) is 1. The van der Waals surface area contributed by atoms with Crippen molar-refractivity contribution in [3.8, 4) is 11.1 Å². The van der Waals surface area contributed by atoms with Crippen molar-refractivity contribution in [2.24, 2.45) is 0 Å². The van der Waals surface area contributed by atoms with Gasteiger partial charge in [0, 0.05) is 22.6 Å². The van der Waals surface area contributed by atoms with Gasteiger partial charge in [0.25, 0.3) is 5.91 Å². The van der Waals surface area contributed by atoms with Crippen LogP contribution in [0.1, 0.15) is 53.1 Å². The van der Waals surface area contributed by atoms with Crippen LogP contribution in [-0.2, 0) is 43.6 Å². The third-order valence-corrected chi connectivity index (χ3v) is 10.5. The molecule has 1 unspecified atom stereocenters. The molecule has 0 bridgehead atoms. The van der Waals surface area contributed by atoms with Gasteiger partial charge in [-0.3, -0.25) is 14.5 Å². The fourth-order valence-electron chi connectivity index (χ4n) is 6.53. The van der Waals surface area contributed by atoms with Crippen molar-refractivity contribution in [2.75, 3.05) is 5.75 Å². The molecule has 270 valence electrons. The number of benzene rings is 5. The van der Waals surface area contributed by atoms with E-state index in [1.54, 1.807) is 11.8 Å². The summed E-state index contributed by atoms with van der Waals surface area (Å²) >= 11 is 1.75. The Morgan fingerprint density at radius 3 is 2.21 bits per heavy atom. The zero-order valence-corrected chi connectivity index (χ0v) is 29.8. The molecule has 9 nitrogen and oxygen atoms in total. The molecule has 53 heavy (non-hydrogen) atoms. The van der Waals surface area contributed by atoms with Crippen LogP contribution in [0.15, 0.2) is 138 Å². The fraction of sp³-hybridized carbons (Fsp3) is 0.233. The Labute approximate surface area is 312 Å². The number of thioether (sulfide) groups is 1. The average Bonchev–Trinajstić information content (AvgIpc) is 3.47. The highest BCUT2D eigenvalue weighted by atomic mass is 32.2. The summed E-state index contributed by atoms with van der Waals surface area (Å²) in [4.78, 5) is 41.1. The Balaban J connectivity index is 1.03. The summed E-state index contributed by atoms with van der Waals surface area (Å²) < 4.78 is 18.4. The second kappa shape index (κ2) is 17.0. The van der Waals surface area contributed by atoms with E-state index in [9.17, 15) is 19.5 Å². The van der Waals surface area contributed by atoms with E-state index in [-0.39, 0.29) is 44.3 Å². The first-order valence-corrected chi connectivity index (χ1v) is 18.6. The number of carbonyl (C=O) groups is 3. The molecule has 0 aromatic heterocycles. The number of aliphatic hydroxyl groups is 1. The largest absolute Gasteiger partial charge is 0.445 e. The second-order valence-corrected chi connectivity index (χ2v) is 14.1. The smallest absolute Gasteiger partial charge is 0.408 e. The Bertz CT molecular complexity index is 2010. The van der Waals surface area contributed by atoms with Crippen LogP contribution in [-0.4, -0.2) is 45.8 Å². The standard InChI is InChI=1S/C43H40N2O7S/c46-26-29-15-17-32(18-16-29)39-23-35(28-53-36-12-5-2-6-13-36)51-42(52-39)33-21-19-31(20-22-33)37-14-8-7-11-34(37)25-45-40(47)24-38(41(45)48)44-43(49)50-27-30-9-3-1-4-10-30/h1-22,35,38-39,42,46H,23-28H2,(H,44,49)/t35-,38?,39+,42+/m1/s1. The molecule has 0 spiro atoms. The van der Waals surface area contributed by atoms with Gasteiger partial charge < -0.3 is 24.6 Å². The fourth-order valence-corrected chi connectivity index (χ4v) is 7.47. The molecule has 3 amide bonds. The predicted octanol–water partition coefficient (Wildman–Crippen LogP) is 7.74. The first-order chi connectivity index (χ1) is 25.9. The lowest BCUT2D eigenvalue weighted by Crippen LogP contribution is -2.41. The third-order valence-electron chi connectivity index (χ3n) is 9.38. The molecule has 2 saturated heterocycles. The molecular weight excluding hydrogens is 689 g/mol. The Kier molecular flexibility index (Phi) is 11.6. The van der Waals surface area contributed by atoms with Gasteiger partial charge in [-0.25, -0.2) is 4.79 Å². The quantitative estimate of drug-likeness (QED) is 0.0992. The summed E-state index contributed by atoms with van der Waals surface area (Å²) in [6, 6.07) is 42.0. The monoisotopic (exact) mass is 728 g/mol. The van der Waals surface area contributed by atoms with Crippen LogP contribution in [0.4, 0.5) is 4.79 Å². The van der Waals surface area contributed by atoms with Crippen LogP contribution >= 0.6 is 11.8 Å². The first kappa shape index (κ1) is 36.1. The van der Waals surface area contributed by atoms with Gasteiger partial charge in [0.05, 0.1) is 31.8 Å². The van der Waals surface area contributed by atoms with Crippen LogP contribution in [0, 0.1) is 0 Å². The highest BCUT2D eigenvalue weighted by molar-refractivity contribution is 7.99. The molecule has 0 saturated carbocycles. The first-order valence-electron chi connectivity index (χ1n) is 17.6. The summed E-state index contributed by atoms with van der Waals surface area (Å²) in [5, 5.41) is 12.1. The van der Waals surface area contributed by atoms with Gasteiger partial charge >= 0.3 is 6.09 Å². The molecule has 4 atom stereocenters. The molecule has 2 aliphatic heterocycles. The number of alkyl carbamates (subject to hydrolysis) is 1. The van der Waals surface area contributed by atoms with E-state index in [2.05, 4.69) is 17.4 Å². The molecule has 0 radical (unpaired) electrons. The number of hydrogen-bond donors (Lipinski definition) is 2. The van der Waals surface area contributed by atoms with Crippen molar-refractivity contribution in [3.05, 3.63) is 161 Å². The molecule has 2 heterocycles. The maximum absolute atomic E-state index is 13.3. The molecule has 2 aliphatic rings. The van der Waals surface area contributed by atoms with Crippen LogP contribution in [0.3, 0.4) is 0 Å². The molecule has 0 aliphatic carbocycles. The Morgan fingerprint density at radius 2 is 1.47 bits per heavy atom. The van der Waals surface area contributed by atoms with E-state index in [1.807, 2.05) is 121 Å². The lowest BCUT2D eigenvalue weighted by Gasteiger charge is -2.36. The van der Waals surface area contributed by atoms with Gasteiger partial charge in [0.2, 0.25) is 5.91 Å². The summed E-state index contributed by atoms with van der Waals surface area (Å²) in [6.07, 6.45) is -1.04. The number of carbonyl (C=O) groups excluding carboxylic acids is 3. The third kappa shape index (κ3) is 9.04. The van der Waals surface area contributed by atoms with Gasteiger partial charge in [-0.05, 0) is 45.5 Å². The van der Waals surface area contributed by atoms with Crippen molar-refractivity contribution in [2.45, 2.75) is 62.0 Å². The highest BCUT2D eigenvalue weighted by Gasteiger charge is 2.40. The lowest BCUT2D eigenvalue weighted by molar-refractivity contribution is -0.245. The lowest BCUT2D eigenvalue weighted by atomic mass is 9.97. The van der Waals surface area contributed by atoms with E-state index in [4.69, 9.17) is 14.2 Å². The van der Waals surface area contributed by atoms with Crippen molar-refractivity contribution in [1.82, 2.24) is 10.2 Å². The minimum absolute atomic E-state index is 0.0161. The molecule has 2 N–H and O–H groups in total. The summed E-state index contributed by atoms with van der Waals surface area (Å²) in [6.45, 7) is 0.112. The van der Waals surface area contributed by atoms with Gasteiger partial charge in [-0.2, -0.15) is 0 Å². The van der Waals surface area contributed by atoms with Crippen LogP contribution in [0.25, 0.3) is 11.1 Å². The van der Waals surface area contributed by atoms with Crippen molar-refractivity contribution >= 4 is 29.7 Å². The van der Waals surface area contributed by atoms with E-state index >= 15 is 0 Å². The van der Waals surface area contributed by atoms with Gasteiger partial charge in [0.15, 0.2) is 6.29 Å². The van der Waals surface area contributed by atoms with Gasteiger partial charge in [-0.15, -0.1) is 11.8 Å². The minimum Gasteiger partial charge on any atom is -0.445 e. The zero-order valence-electron chi connectivity index (χ0n) is 29.0. The molecular formula is C43H40N2O7S. The number of hydrogen-bond acceptors (Lipinski definition) is 8. The number of imide groups is 1. The van der Waals surface area contributed by atoms with Gasteiger partial charge in [0.1, 0.15) is 12.6 Å². The second-order valence-electron chi connectivity index (χ2n) is 13.0. The number of nitrogens with zero attached hydrogens (tertiary/aromatic N) is 1. The zero-order chi connectivity index (χ0) is 36.6. The summed E-state index contributed by atoms with van der Waals surface area (Å²) in [5.74, 6) is -0.0654. The number of ether oxygens (including phenoxy) is 3. The topological polar surface area (TPSA) is 114 Å². The van der Waals surface area contributed by atoms with Crippen LogP contribution in [0.5, 0.6) is 0 Å². The molecule has 5 aromatic rings. The normalized spacial score (nSPS) is 20.0. The summed E-state index contributed by atoms with van der Waals surface area (Å²) in [5.41, 5.74) is 6.15. The number of amides is 3. The number of rotatable bonds is 12. The number of likely N-dealkylation sites (tertiary alicyclic amines) is 1. The average molecular weight is 729 g/mol. The summed E-state index contributed by atoms with van der Waals surface area (Å²) in [7, 11) is 0. The number of aliphatic hydroxyl groups excluding tert-OH is 1. The van der Waals surface area contributed by atoms with Gasteiger partial charge in [-0.1, -0.05) is 121 Å². The molecule has 10 heteroatoms. The van der Waals surface area contributed by atoms with E-state index in [1.165, 1.54) is 9.80 Å². The van der Waals surface area contributed by atoms with Crippen LogP contribution in [0.2, 0.25) is 0 Å². The maximum Gasteiger partial charge on any atom is 0.408 e. The van der Waals surface area contributed by atoms with E-state index < -0.39 is 24.3 Å². The van der Waals surface area contributed by atoms with E-state index in [0.717, 1.165) is 44.7 Å². The van der Waals surface area contributed by atoms with Crippen LogP contribution < -0.4 is 5.32 Å². The molecule has 2 fully saturated rings. The van der Waals surface area contributed by atoms with Crippen molar-refractivity contribution < 1.29 is 33.7 Å². The molecule has 7 rings (SSSR count). The Morgan fingerprint density at radius 1 is 0.792 bits per heavy atom. The highest BCUT2D eigenvalue weighted by Crippen LogP contribution is 2.40. The van der Waals surface area contributed by atoms with Crippen molar-refractivity contribution in [3.63, 3.8) is 0 Å². The predicted molar refractivity (Wildman–Crippen MR) is 201 cm³/mol. The Hall–Kier alpha value is -5.26. The SMILES string of the molecule is O=C(NC1CC(=O)N(Cc2ccccc2-c2ccc([C@H]3O[C@@H](CSc4ccccc4)C[C@@H](c4ccc(CO)cc4)O3)cc2)C1=O)OCc1ccccc1. The minimum atomic E-state index is -0.987. The van der Waals surface area contributed by atoms with Crippen molar-refractivity contribution in [1.29, 1.82) is 0 Å². The maximum atomic E-state index is 13.3. The van der Waals surface area contributed by atoms with E-state index in [0.29, 0.717) is 6.42 Å².